The standard InChI is InChI=1S/C38H34F6O3/c1-2-3-4-5-6-15-45-21-25-22-46-38(47-23-25)28-12-14-30(34(41)18-28)27-11-10-26(32(39)17-27)9-7-24-8-13-31(33(40)16-24)29-19-35(42)37(44)36(43)20-29/h8,10-14,16-20,25,38H,2-6,15,21-23H2,1H3. The predicted octanol–water partition coefficient (Wildman–Crippen LogP) is 9.90. The fourth-order valence-corrected chi connectivity index (χ4v) is 5.26. The van der Waals surface area contributed by atoms with Crippen molar-refractivity contribution >= 4 is 0 Å². The van der Waals surface area contributed by atoms with Gasteiger partial charge in [0.1, 0.15) is 17.5 Å². The van der Waals surface area contributed by atoms with E-state index < -0.39 is 41.2 Å². The van der Waals surface area contributed by atoms with Crippen molar-refractivity contribution in [3.8, 4) is 34.1 Å². The maximum absolute atomic E-state index is 15.2. The van der Waals surface area contributed by atoms with Gasteiger partial charge in [-0.3, -0.25) is 0 Å². The predicted molar refractivity (Wildman–Crippen MR) is 167 cm³/mol. The molecule has 3 nitrogen and oxygen atoms in total. The van der Waals surface area contributed by atoms with E-state index in [0.29, 0.717) is 49.7 Å². The lowest BCUT2D eigenvalue weighted by atomic mass is 10.0. The molecule has 47 heavy (non-hydrogen) atoms. The highest BCUT2D eigenvalue weighted by Gasteiger charge is 2.25. The molecule has 1 aliphatic heterocycles. The monoisotopic (exact) mass is 652 g/mol. The highest BCUT2D eigenvalue weighted by Crippen LogP contribution is 2.31. The molecule has 1 fully saturated rings. The summed E-state index contributed by atoms with van der Waals surface area (Å²) in [6.45, 7) is 4.31. The summed E-state index contributed by atoms with van der Waals surface area (Å²) in [5.74, 6) is -1.29. The largest absolute Gasteiger partial charge is 0.381 e. The zero-order valence-electron chi connectivity index (χ0n) is 25.9. The molecular formula is C38H34F6O3. The minimum Gasteiger partial charge on any atom is -0.381 e. The second-order valence-electron chi connectivity index (χ2n) is 11.5. The molecule has 0 aliphatic carbocycles. The van der Waals surface area contributed by atoms with E-state index >= 15 is 4.39 Å². The van der Waals surface area contributed by atoms with Crippen molar-refractivity contribution in [3.63, 3.8) is 0 Å². The third-order valence-corrected chi connectivity index (χ3v) is 7.86. The molecule has 4 aromatic carbocycles. The van der Waals surface area contributed by atoms with Crippen molar-refractivity contribution in [1.29, 1.82) is 0 Å². The van der Waals surface area contributed by atoms with E-state index in [2.05, 4.69) is 18.8 Å². The second kappa shape index (κ2) is 16.1. The number of halogens is 6. The van der Waals surface area contributed by atoms with Gasteiger partial charge in [-0.15, -0.1) is 0 Å². The molecule has 0 unspecified atom stereocenters. The first kappa shape index (κ1) is 34.2. The van der Waals surface area contributed by atoms with Crippen molar-refractivity contribution in [2.24, 2.45) is 5.92 Å². The topological polar surface area (TPSA) is 27.7 Å². The van der Waals surface area contributed by atoms with Crippen LogP contribution in [0.5, 0.6) is 0 Å². The van der Waals surface area contributed by atoms with E-state index in [1.807, 2.05) is 0 Å². The van der Waals surface area contributed by atoms with Crippen LogP contribution in [0.2, 0.25) is 0 Å². The summed E-state index contributed by atoms with van der Waals surface area (Å²) >= 11 is 0. The Morgan fingerprint density at radius 1 is 0.660 bits per heavy atom. The summed E-state index contributed by atoms with van der Waals surface area (Å²) in [6.07, 6.45) is 5.16. The molecule has 0 spiro atoms. The molecular weight excluding hydrogens is 618 g/mol. The van der Waals surface area contributed by atoms with Gasteiger partial charge in [-0.2, -0.15) is 0 Å². The molecule has 0 aromatic heterocycles. The molecule has 0 saturated carbocycles. The van der Waals surface area contributed by atoms with Crippen LogP contribution in [0.1, 0.15) is 62.0 Å². The maximum atomic E-state index is 15.2. The van der Waals surface area contributed by atoms with Crippen molar-refractivity contribution in [3.05, 3.63) is 118 Å². The second-order valence-corrected chi connectivity index (χ2v) is 11.5. The summed E-state index contributed by atoms with van der Waals surface area (Å²) in [7, 11) is 0. The van der Waals surface area contributed by atoms with Gasteiger partial charge in [-0.05, 0) is 60.0 Å². The summed E-state index contributed by atoms with van der Waals surface area (Å²) < 4.78 is 103. The zero-order chi connectivity index (χ0) is 33.3. The van der Waals surface area contributed by atoms with Crippen LogP contribution in [-0.2, 0) is 14.2 Å². The number of rotatable bonds is 11. The van der Waals surface area contributed by atoms with E-state index in [4.69, 9.17) is 14.2 Å². The lowest BCUT2D eigenvalue weighted by Gasteiger charge is -2.29. The van der Waals surface area contributed by atoms with Gasteiger partial charge < -0.3 is 14.2 Å². The molecule has 0 N–H and O–H groups in total. The lowest BCUT2D eigenvalue weighted by molar-refractivity contribution is -0.212. The lowest BCUT2D eigenvalue weighted by Crippen LogP contribution is -2.30. The van der Waals surface area contributed by atoms with E-state index in [1.54, 1.807) is 6.07 Å². The molecule has 5 rings (SSSR count). The smallest absolute Gasteiger partial charge is 0.194 e. The quantitative estimate of drug-likeness (QED) is 0.0699. The number of benzene rings is 4. The third kappa shape index (κ3) is 8.83. The molecule has 1 heterocycles. The molecule has 0 radical (unpaired) electrons. The zero-order valence-corrected chi connectivity index (χ0v) is 25.9. The van der Waals surface area contributed by atoms with Gasteiger partial charge in [-0.25, -0.2) is 26.3 Å². The van der Waals surface area contributed by atoms with Gasteiger partial charge in [0, 0.05) is 34.8 Å². The van der Waals surface area contributed by atoms with Gasteiger partial charge in [-0.1, -0.05) is 68.7 Å². The van der Waals surface area contributed by atoms with E-state index in [-0.39, 0.29) is 33.7 Å². The number of unbranched alkanes of at least 4 members (excludes halogenated alkanes) is 4. The van der Waals surface area contributed by atoms with Crippen molar-refractivity contribution < 1.29 is 40.6 Å². The fourth-order valence-electron chi connectivity index (χ4n) is 5.26. The van der Waals surface area contributed by atoms with Gasteiger partial charge in [0.2, 0.25) is 0 Å². The highest BCUT2D eigenvalue weighted by atomic mass is 19.2. The van der Waals surface area contributed by atoms with E-state index in [9.17, 15) is 22.0 Å². The normalized spacial score (nSPS) is 16.1. The Bertz CT molecular complexity index is 1730. The Hall–Kier alpha value is -4.10. The fraction of sp³-hybridized carbons (Fsp3) is 0.316. The molecule has 246 valence electrons. The van der Waals surface area contributed by atoms with Crippen molar-refractivity contribution in [2.75, 3.05) is 26.4 Å². The van der Waals surface area contributed by atoms with Crippen LogP contribution in [0.25, 0.3) is 22.3 Å². The minimum atomic E-state index is -1.65. The van der Waals surface area contributed by atoms with Gasteiger partial charge in [0.25, 0.3) is 0 Å². The molecule has 1 aliphatic rings. The average Bonchev–Trinajstić information content (AvgIpc) is 3.06. The van der Waals surface area contributed by atoms with Crippen LogP contribution in [-0.4, -0.2) is 26.4 Å². The SMILES string of the molecule is CCCCCCCOCC1COC(c2ccc(-c3ccc(C#Cc4ccc(-c5cc(F)c(F)c(F)c5)c(F)c4)c(F)c3)c(F)c2)OC1. The first-order valence-corrected chi connectivity index (χ1v) is 15.6. The number of hydrogen-bond donors (Lipinski definition) is 0. The van der Waals surface area contributed by atoms with Crippen LogP contribution in [0.3, 0.4) is 0 Å². The third-order valence-electron chi connectivity index (χ3n) is 7.86. The van der Waals surface area contributed by atoms with Crippen molar-refractivity contribution in [1.82, 2.24) is 0 Å². The summed E-state index contributed by atoms with van der Waals surface area (Å²) in [4.78, 5) is 0. The summed E-state index contributed by atoms with van der Waals surface area (Å²) in [5, 5.41) is 0. The van der Waals surface area contributed by atoms with Gasteiger partial charge >= 0.3 is 0 Å². The minimum absolute atomic E-state index is 0.00280. The maximum Gasteiger partial charge on any atom is 0.194 e. The molecule has 1 saturated heterocycles. The van der Waals surface area contributed by atoms with Gasteiger partial charge in [0.15, 0.2) is 23.7 Å². The number of ether oxygens (including phenoxy) is 3. The molecule has 0 bridgehead atoms. The Morgan fingerprint density at radius 2 is 1.32 bits per heavy atom. The molecule has 9 heteroatoms. The van der Waals surface area contributed by atoms with Crippen LogP contribution >= 0.6 is 0 Å². The summed E-state index contributed by atoms with van der Waals surface area (Å²) in [5.41, 5.74) is 0.814. The average molecular weight is 653 g/mol. The molecule has 4 aromatic rings. The Kier molecular flexibility index (Phi) is 11.8. The number of hydrogen-bond acceptors (Lipinski definition) is 3. The highest BCUT2D eigenvalue weighted by molar-refractivity contribution is 5.67. The van der Waals surface area contributed by atoms with Gasteiger partial charge in [0.05, 0.1) is 25.4 Å². The van der Waals surface area contributed by atoms with Crippen LogP contribution in [0, 0.1) is 52.7 Å². The summed E-state index contributed by atoms with van der Waals surface area (Å²) in [6, 6.07) is 13.6. The first-order chi connectivity index (χ1) is 22.7. The van der Waals surface area contributed by atoms with Crippen LogP contribution in [0.4, 0.5) is 26.3 Å². The van der Waals surface area contributed by atoms with E-state index in [0.717, 1.165) is 25.0 Å². The van der Waals surface area contributed by atoms with Crippen LogP contribution in [0.15, 0.2) is 66.7 Å². The Balaban J connectivity index is 1.18. The first-order valence-electron chi connectivity index (χ1n) is 15.6. The Morgan fingerprint density at radius 3 is 2.00 bits per heavy atom. The molecule has 0 amide bonds. The van der Waals surface area contributed by atoms with Crippen LogP contribution < -0.4 is 0 Å². The molecule has 0 atom stereocenters. The van der Waals surface area contributed by atoms with E-state index in [1.165, 1.54) is 55.7 Å². The Labute approximate surface area is 270 Å². The van der Waals surface area contributed by atoms with Crippen molar-refractivity contribution in [2.45, 2.75) is 45.3 Å².